The lowest BCUT2D eigenvalue weighted by Crippen LogP contribution is -2.41. The van der Waals surface area contributed by atoms with Crippen molar-refractivity contribution in [3.63, 3.8) is 0 Å². The number of hydrogen-bond acceptors (Lipinski definition) is 4. The van der Waals surface area contributed by atoms with Crippen LogP contribution in [0.1, 0.15) is 30.0 Å². The molecule has 0 aromatic carbocycles. The Morgan fingerprint density at radius 1 is 1.43 bits per heavy atom. The van der Waals surface area contributed by atoms with Crippen molar-refractivity contribution in [1.29, 1.82) is 0 Å². The predicted octanol–water partition coefficient (Wildman–Crippen LogP) is 0.919. The van der Waals surface area contributed by atoms with E-state index in [9.17, 15) is 4.79 Å². The van der Waals surface area contributed by atoms with Crippen LogP contribution >= 0.6 is 0 Å². The molecule has 0 radical (unpaired) electrons. The molecule has 1 aliphatic carbocycles. The Labute approximate surface area is 125 Å². The lowest BCUT2D eigenvalue weighted by atomic mass is 9.97. The molecule has 0 unspecified atom stereocenters. The first-order chi connectivity index (χ1) is 10.2. The van der Waals surface area contributed by atoms with Crippen LogP contribution in [0.2, 0.25) is 0 Å². The van der Waals surface area contributed by atoms with Crippen LogP contribution in [0, 0.1) is 5.92 Å². The van der Waals surface area contributed by atoms with Crippen LogP contribution in [0.15, 0.2) is 6.20 Å². The highest BCUT2D eigenvalue weighted by Gasteiger charge is 2.31. The van der Waals surface area contributed by atoms with Crippen LogP contribution in [0.5, 0.6) is 0 Å². The number of carbonyl (C=O) groups excluding carboxylic acids is 1. The van der Waals surface area contributed by atoms with Crippen LogP contribution in [0.3, 0.4) is 0 Å². The Kier molecular flexibility index (Phi) is 4.26. The molecule has 1 aromatic rings. The van der Waals surface area contributed by atoms with Crippen molar-refractivity contribution in [1.82, 2.24) is 14.7 Å². The second-order valence-electron chi connectivity index (χ2n) is 6.06. The summed E-state index contributed by atoms with van der Waals surface area (Å²) in [5.74, 6) is 0.978. The fourth-order valence-electron chi connectivity index (χ4n) is 2.96. The molecule has 0 N–H and O–H groups in total. The zero-order valence-corrected chi connectivity index (χ0v) is 12.7. The number of nitrogens with zero attached hydrogens (tertiary/aromatic N) is 3. The molecular formula is C15H23N3O3. The van der Waals surface area contributed by atoms with E-state index >= 15 is 0 Å². The summed E-state index contributed by atoms with van der Waals surface area (Å²) in [6.07, 6.45) is 4.44. The van der Waals surface area contributed by atoms with Crippen LogP contribution in [0.25, 0.3) is 0 Å². The highest BCUT2D eigenvalue weighted by molar-refractivity contribution is 5.77. The quantitative estimate of drug-likeness (QED) is 0.782. The molecular weight excluding hydrogens is 270 g/mol. The van der Waals surface area contributed by atoms with Gasteiger partial charge in [-0.1, -0.05) is 0 Å². The number of carbonyl (C=O) groups is 1. The molecule has 1 atom stereocenters. The van der Waals surface area contributed by atoms with Gasteiger partial charge in [-0.3, -0.25) is 9.48 Å². The van der Waals surface area contributed by atoms with E-state index < -0.39 is 0 Å². The molecule has 21 heavy (non-hydrogen) atoms. The van der Waals surface area contributed by atoms with E-state index in [0.29, 0.717) is 19.7 Å². The minimum Gasteiger partial charge on any atom is -0.380 e. The van der Waals surface area contributed by atoms with Gasteiger partial charge in [-0.15, -0.1) is 0 Å². The van der Waals surface area contributed by atoms with E-state index in [2.05, 4.69) is 5.10 Å². The van der Waals surface area contributed by atoms with Crippen molar-refractivity contribution in [3.8, 4) is 0 Å². The largest absolute Gasteiger partial charge is 0.380 e. The number of rotatable bonds is 6. The lowest BCUT2D eigenvalue weighted by Gasteiger charge is -2.33. The summed E-state index contributed by atoms with van der Waals surface area (Å²) in [6.45, 7) is 2.92. The van der Waals surface area contributed by atoms with Crippen molar-refractivity contribution in [2.75, 3.05) is 33.5 Å². The summed E-state index contributed by atoms with van der Waals surface area (Å²) in [6, 6.07) is 0. The minimum atomic E-state index is 0.0270. The number of methoxy groups -OCH3 is 1. The molecule has 116 valence electrons. The Morgan fingerprint density at radius 2 is 2.24 bits per heavy atom. The fraction of sp³-hybridized carbons (Fsp3) is 0.733. The molecule has 0 spiro atoms. The van der Waals surface area contributed by atoms with E-state index in [4.69, 9.17) is 9.47 Å². The second kappa shape index (κ2) is 6.15. The van der Waals surface area contributed by atoms with Gasteiger partial charge in [0, 0.05) is 45.3 Å². The van der Waals surface area contributed by atoms with Crippen LogP contribution in [-0.2, 0) is 27.9 Å². The van der Waals surface area contributed by atoms with Gasteiger partial charge in [-0.05, 0) is 18.8 Å². The number of ether oxygens (including phenoxy) is 2. The van der Waals surface area contributed by atoms with Crippen molar-refractivity contribution in [2.45, 2.75) is 25.3 Å². The number of fused-ring (bicyclic) bond motifs is 1. The van der Waals surface area contributed by atoms with Crippen LogP contribution < -0.4 is 0 Å². The van der Waals surface area contributed by atoms with Gasteiger partial charge in [0.25, 0.3) is 0 Å². The average molecular weight is 293 g/mol. The van der Waals surface area contributed by atoms with Gasteiger partial charge < -0.3 is 14.4 Å². The van der Waals surface area contributed by atoms with E-state index in [1.165, 1.54) is 18.5 Å². The molecule has 1 aliphatic heterocycles. The summed E-state index contributed by atoms with van der Waals surface area (Å²) in [5, 5.41) is 4.34. The molecule has 2 aliphatic rings. The zero-order chi connectivity index (χ0) is 14.8. The highest BCUT2D eigenvalue weighted by Crippen LogP contribution is 2.31. The van der Waals surface area contributed by atoms with Crippen molar-refractivity contribution in [3.05, 3.63) is 17.5 Å². The van der Waals surface area contributed by atoms with Gasteiger partial charge >= 0.3 is 0 Å². The van der Waals surface area contributed by atoms with E-state index in [-0.39, 0.29) is 18.4 Å². The summed E-state index contributed by atoms with van der Waals surface area (Å²) < 4.78 is 12.7. The van der Waals surface area contributed by atoms with Crippen LogP contribution in [-0.4, -0.2) is 54.1 Å². The van der Waals surface area contributed by atoms with Crippen LogP contribution in [0.4, 0.5) is 0 Å². The molecule has 1 aromatic heterocycles. The third kappa shape index (κ3) is 3.27. The molecule has 1 saturated carbocycles. The molecule has 6 heteroatoms. The summed E-state index contributed by atoms with van der Waals surface area (Å²) in [4.78, 5) is 13.9. The number of aromatic nitrogens is 2. The Hall–Kier alpha value is -1.40. The first kappa shape index (κ1) is 14.5. The standard InChI is InChI=1S/C15H23N3O3/c1-17-15-12(5-16-17)6-18(14(19)10-20-2)7-13(15)9-21-8-11-3-4-11/h5,11,13H,3-4,6-10H2,1-2H3/t13-/m1/s1. The topological polar surface area (TPSA) is 56.6 Å². The maximum Gasteiger partial charge on any atom is 0.248 e. The highest BCUT2D eigenvalue weighted by atomic mass is 16.5. The van der Waals surface area contributed by atoms with Gasteiger partial charge in [0.05, 0.1) is 18.5 Å². The second-order valence-corrected chi connectivity index (χ2v) is 6.06. The van der Waals surface area contributed by atoms with Gasteiger partial charge in [-0.25, -0.2) is 0 Å². The summed E-state index contributed by atoms with van der Waals surface area (Å²) in [5.41, 5.74) is 2.32. The first-order valence-electron chi connectivity index (χ1n) is 7.54. The normalized spacial score (nSPS) is 21.4. The predicted molar refractivity (Wildman–Crippen MR) is 76.8 cm³/mol. The van der Waals surface area contributed by atoms with Gasteiger partial charge in [0.2, 0.25) is 5.91 Å². The van der Waals surface area contributed by atoms with Crippen molar-refractivity contribution in [2.24, 2.45) is 13.0 Å². The van der Waals surface area contributed by atoms with Gasteiger partial charge in [-0.2, -0.15) is 5.10 Å². The smallest absolute Gasteiger partial charge is 0.248 e. The lowest BCUT2D eigenvalue weighted by molar-refractivity contribution is -0.136. The molecule has 3 rings (SSSR count). The molecule has 6 nitrogen and oxygen atoms in total. The monoisotopic (exact) mass is 293 g/mol. The van der Waals surface area contributed by atoms with Gasteiger partial charge in [0.15, 0.2) is 0 Å². The van der Waals surface area contributed by atoms with Crippen molar-refractivity contribution < 1.29 is 14.3 Å². The average Bonchev–Trinajstić information content (AvgIpc) is 3.21. The van der Waals surface area contributed by atoms with E-state index in [1.54, 1.807) is 7.11 Å². The summed E-state index contributed by atoms with van der Waals surface area (Å²) >= 11 is 0. The fourth-order valence-corrected chi connectivity index (χ4v) is 2.96. The zero-order valence-electron chi connectivity index (χ0n) is 12.7. The minimum absolute atomic E-state index is 0.0270. The third-order valence-electron chi connectivity index (χ3n) is 4.24. The Bertz CT molecular complexity index is 510. The molecule has 2 heterocycles. The van der Waals surface area contributed by atoms with Gasteiger partial charge in [0.1, 0.15) is 6.61 Å². The maximum absolute atomic E-state index is 12.1. The molecule has 0 saturated heterocycles. The number of hydrogen-bond donors (Lipinski definition) is 0. The number of amides is 1. The van der Waals surface area contributed by atoms with E-state index in [0.717, 1.165) is 18.1 Å². The Morgan fingerprint density at radius 3 is 2.95 bits per heavy atom. The molecule has 1 fully saturated rings. The third-order valence-corrected chi connectivity index (χ3v) is 4.24. The Balaban J connectivity index is 1.69. The first-order valence-corrected chi connectivity index (χ1v) is 7.54. The van der Waals surface area contributed by atoms with E-state index in [1.807, 2.05) is 22.8 Å². The summed E-state index contributed by atoms with van der Waals surface area (Å²) in [7, 11) is 3.51. The maximum atomic E-state index is 12.1. The molecule has 0 bridgehead atoms. The SMILES string of the molecule is COCC(=O)N1Cc2cnn(C)c2[C@@H](COCC2CC2)C1. The molecule has 1 amide bonds. The number of aryl methyl sites for hydroxylation is 1. The van der Waals surface area contributed by atoms with Crippen molar-refractivity contribution >= 4 is 5.91 Å².